The molecular formula is C19H27N3OS. The number of urea groups is 1. The maximum atomic E-state index is 12.4. The smallest absolute Gasteiger partial charge is 0.307 e. The Morgan fingerprint density at radius 3 is 2.33 bits per heavy atom. The van der Waals surface area contributed by atoms with Crippen molar-refractivity contribution in [3.8, 4) is 0 Å². The van der Waals surface area contributed by atoms with Gasteiger partial charge in [-0.05, 0) is 98.7 Å². The fourth-order valence-electron chi connectivity index (χ4n) is 4.40. The number of likely N-dealkylation sites (tertiary alicyclic amines) is 1. The molecule has 1 aromatic rings. The lowest BCUT2D eigenvalue weighted by atomic mass is 9.99. The van der Waals surface area contributed by atoms with E-state index < -0.39 is 0 Å². The lowest BCUT2D eigenvalue weighted by molar-refractivity contribution is 0.257. The van der Waals surface area contributed by atoms with Gasteiger partial charge < -0.3 is 10.2 Å². The van der Waals surface area contributed by atoms with E-state index in [0.29, 0.717) is 0 Å². The van der Waals surface area contributed by atoms with E-state index >= 15 is 0 Å². The number of amides is 2. The molecule has 1 fully saturated rings. The lowest BCUT2D eigenvalue weighted by Gasteiger charge is -2.17. The van der Waals surface area contributed by atoms with Crippen molar-refractivity contribution in [2.45, 2.75) is 51.4 Å². The van der Waals surface area contributed by atoms with E-state index in [1.807, 2.05) is 0 Å². The second-order valence-corrected chi connectivity index (χ2v) is 8.09. The highest BCUT2D eigenvalue weighted by Crippen LogP contribution is 2.38. The van der Waals surface area contributed by atoms with Gasteiger partial charge in [-0.3, -0.25) is 4.72 Å². The van der Waals surface area contributed by atoms with Gasteiger partial charge in [-0.1, -0.05) is 6.07 Å². The summed E-state index contributed by atoms with van der Waals surface area (Å²) < 4.78 is 2.98. The van der Waals surface area contributed by atoms with Crippen molar-refractivity contribution in [2.24, 2.45) is 0 Å². The Bertz CT molecular complexity index is 593. The van der Waals surface area contributed by atoms with Gasteiger partial charge in [0.25, 0.3) is 0 Å². The molecule has 2 amide bonds. The van der Waals surface area contributed by atoms with E-state index in [-0.39, 0.29) is 6.03 Å². The minimum absolute atomic E-state index is 0.0594. The van der Waals surface area contributed by atoms with Gasteiger partial charge in [0.2, 0.25) is 0 Å². The van der Waals surface area contributed by atoms with Crippen LogP contribution >= 0.6 is 11.9 Å². The first-order chi connectivity index (χ1) is 11.8. The summed E-state index contributed by atoms with van der Waals surface area (Å²) >= 11 is 1.53. The predicted molar refractivity (Wildman–Crippen MR) is 101 cm³/mol. The molecule has 1 aliphatic heterocycles. The Labute approximate surface area is 148 Å². The van der Waals surface area contributed by atoms with Crippen molar-refractivity contribution in [3.63, 3.8) is 0 Å². The van der Waals surface area contributed by atoms with E-state index in [4.69, 9.17) is 0 Å². The molecule has 4 nitrogen and oxygen atoms in total. The third-order valence-electron chi connectivity index (χ3n) is 5.58. The topological polar surface area (TPSA) is 44.4 Å². The Morgan fingerprint density at radius 1 is 1.00 bits per heavy atom. The second kappa shape index (κ2) is 7.36. The first kappa shape index (κ1) is 16.3. The predicted octanol–water partition coefficient (Wildman–Crippen LogP) is 3.53. The van der Waals surface area contributed by atoms with Crippen molar-refractivity contribution in [3.05, 3.63) is 28.3 Å². The lowest BCUT2D eigenvalue weighted by Crippen LogP contribution is -2.27. The van der Waals surface area contributed by atoms with Crippen molar-refractivity contribution >= 4 is 23.7 Å². The average molecular weight is 346 g/mol. The molecule has 2 N–H and O–H groups in total. The normalized spacial score (nSPS) is 19.3. The van der Waals surface area contributed by atoms with Gasteiger partial charge in [-0.2, -0.15) is 0 Å². The molecule has 0 spiro atoms. The highest BCUT2D eigenvalue weighted by molar-refractivity contribution is 7.97. The third kappa shape index (κ3) is 3.42. The van der Waals surface area contributed by atoms with E-state index in [1.54, 1.807) is 0 Å². The van der Waals surface area contributed by atoms with Crippen LogP contribution in [0.3, 0.4) is 0 Å². The standard InChI is InChI=1S/C19H27N3OS/c23-19(21-24-12-11-22-9-1-2-10-22)20-18-16-7-3-5-14(16)13-15-6-4-8-17(15)18/h13H,1-12H2,(H2,20,21,23). The third-order valence-corrected chi connectivity index (χ3v) is 6.30. The zero-order valence-electron chi connectivity index (χ0n) is 14.3. The van der Waals surface area contributed by atoms with Gasteiger partial charge >= 0.3 is 6.03 Å². The number of nitrogens with zero attached hydrogens (tertiary/aromatic N) is 1. The Hall–Kier alpha value is -1.20. The first-order valence-electron chi connectivity index (χ1n) is 9.39. The molecule has 0 atom stereocenters. The van der Waals surface area contributed by atoms with Crippen LogP contribution in [0.1, 0.15) is 47.9 Å². The molecule has 0 unspecified atom stereocenters. The average Bonchev–Trinajstić information content (AvgIpc) is 3.31. The van der Waals surface area contributed by atoms with Crippen molar-refractivity contribution in [2.75, 3.05) is 30.7 Å². The molecule has 0 radical (unpaired) electrons. The fourth-order valence-corrected chi connectivity index (χ4v) is 5.04. The number of fused-ring (bicyclic) bond motifs is 2. The summed E-state index contributed by atoms with van der Waals surface area (Å²) in [6.07, 6.45) is 9.65. The molecule has 0 bridgehead atoms. The molecule has 24 heavy (non-hydrogen) atoms. The van der Waals surface area contributed by atoms with Crippen LogP contribution < -0.4 is 10.0 Å². The van der Waals surface area contributed by atoms with Gasteiger partial charge in [0.05, 0.1) is 0 Å². The maximum absolute atomic E-state index is 12.4. The van der Waals surface area contributed by atoms with Gasteiger partial charge in [-0.25, -0.2) is 4.79 Å². The summed E-state index contributed by atoms with van der Waals surface area (Å²) in [6.45, 7) is 3.51. The summed E-state index contributed by atoms with van der Waals surface area (Å²) in [5.41, 5.74) is 6.86. The molecule has 5 heteroatoms. The summed E-state index contributed by atoms with van der Waals surface area (Å²) in [4.78, 5) is 14.8. The second-order valence-electron chi connectivity index (χ2n) is 7.19. The molecule has 2 aliphatic carbocycles. The van der Waals surface area contributed by atoms with Gasteiger partial charge in [0, 0.05) is 18.0 Å². The van der Waals surface area contributed by atoms with Crippen LogP contribution in [-0.4, -0.2) is 36.3 Å². The van der Waals surface area contributed by atoms with E-state index in [1.165, 1.54) is 85.8 Å². The fraction of sp³-hybridized carbons (Fsp3) is 0.632. The van der Waals surface area contributed by atoms with Crippen molar-refractivity contribution < 1.29 is 4.79 Å². The number of carbonyl (C=O) groups excluding carboxylic acids is 1. The quantitative estimate of drug-likeness (QED) is 0.634. The van der Waals surface area contributed by atoms with Gasteiger partial charge in [0.15, 0.2) is 0 Å². The summed E-state index contributed by atoms with van der Waals surface area (Å²) in [5, 5.41) is 3.19. The maximum Gasteiger partial charge on any atom is 0.329 e. The molecule has 1 heterocycles. The molecule has 130 valence electrons. The molecule has 3 aliphatic rings. The first-order valence-corrected chi connectivity index (χ1v) is 10.4. The van der Waals surface area contributed by atoms with Crippen LogP contribution in [0.5, 0.6) is 0 Å². The number of benzene rings is 1. The monoisotopic (exact) mass is 345 g/mol. The molecule has 0 saturated carbocycles. The highest BCUT2D eigenvalue weighted by Gasteiger charge is 2.24. The van der Waals surface area contributed by atoms with Crippen LogP contribution in [-0.2, 0) is 25.7 Å². The van der Waals surface area contributed by atoms with Crippen LogP contribution in [0.4, 0.5) is 10.5 Å². The minimum atomic E-state index is -0.0594. The Balaban J connectivity index is 1.34. The summed E-state index contributed by atoms with van der Waals surface area (Å²) in [6, 6.07) is 2.34. The van der Waals surface area contributed by atoms with Crippen molar-refractivity contribution in [1.82, 2.24) is 9.62 Å². The molecule has 0 aromatic heterocycles. The number of hydrogen-bond acceptors (Lipinski definition) is 3. The van der Waals surface area contributed by atoms with Crippen LogP contribution in [0.15, 0.2) is 6.07 Å². The van der Waals surface area contributed by atoms with Crippen LogP contribution in [0, 0.1) is 0 Å². The van der Waals surface area contributed by atoms with E-state index in [9.17, 15) is 4.79 Å². The molecule has 4 rings (SSSR count). The zero-order chi connectivity index (χ0) is 16.4. The zero-order valence-corrected chi connectivity index (χ0v) is 15.1. The van der Waals surface area contributed by atoms with Gasteiger partial charge in [0.1, 0.15) is 0 Å². The number of anilines is 1. The molecule has 1 saturated heterocycles. The Kier molecular flexibility index (Phi) is 4.99. The minimum Gasteiger partial charge on any atom is -0.307 e. The van der Waals surface area contributed by atoms with E-state index in [0.717, 1.165) is 30.8 Å². The molecular weight excluding hydrogens is 318 g/mol. The number of hydrogen-bond donors (Lipinski definition) is 2. The largest absolute Gasteiger partial charge is 0.329 e. The van der Waals surface area contributed by atoms with E-state index in [2.05, 4.69) is 21.0 Å². The highest BCUT2D eigenvalue weighted by atomic mass is 32.2. The summed E-state index contributed by atoms with van der Waals surface area (Å²) in [5.74, 6) is 0.957. The number of rotatable bonds is 5. The van der Waals surface area contributed by atoms with Crippen LogP contribution in [0.2, 0.25) is 0 Å². The molecule has 1 aromatic carbocycles. The van der Waals surface area contributed by atoms with Crippen molar-refractivity contribution in [1.29, 1.82) is 0 Å². The SMILES string of the molecule is O=C(NSCCN1CCCC1)Nc1c2c(cc3c1CCC3)CCC2. The number of nitrogens with one attached hydrogen (secondary N) is 2. The number of aryl methyl sites for hydroxylation is 2. The summed E-state index contributed by atoms with van der Waals surface area (Å²) in [7, 11) is 0. The van der Waals surface area contributed by atoms with Crippen LogP contribution in [0.25, 0.3) is 0 Å². The Morgan fingerprint density at radius 2 is 1.67 bits per heavy atom. The van der Waals surface area contributed by atoms with Gasteiger partial charge in [-0.15, -0.1) is 0 Å². The number of carbonyl (C=O) groups is 1.